The number of aryl methyl sites for hydroxylation is 1. The minimum absolute atomic E-state index is 0.0000591. The van der Waals surface area contributed by atoms with E-state index < -0.39 is 28.7 Å². The number of imide groups is 2. The van der Waals surface area contributed by atoms with Crippen LogP contribution in [0.1, 0.15) is 64.8 Å². The van der Waals surface area contributed by atoms with Crippen LogP contribution < -0.4 is 19.9 Å². The van der Waals surface area contributed by atoms with E-state index in [4.69, 9.17) is 4.74 Å². The van der Waals surface area contributed by atoms with Crippen LogP contribution in [-0.2, 0) is 9.59 Å². The first-order valence-electron chi connectivity index (χ1n) is 16.5. The SMILES string of the molecule is COc1cc(N2CCC3(CC2)CN(CC2CCN(c4ccc5c(c4)C(=O)N(C4CCC(=O)NC4=O)C5=O)CC2)C3)c(C)cc1[N+](=O)[O-]. The molecule has 1 unspecified atom stereocenters. The fraction of sp³-hybridized carbons (Fsp3) is 0.529. The summed E-state index contributed by atoms with van der Waals surface area (Å²) in [4.78, 5) is 69.5. The Hall–Kier alpha value is -4.52. The summed E-state index contributed by atoms with van der Waals surface area (Å²) < 4.78 is 5.31. The second kappa shape index (κ2) is 11.9. The molecule has 1 spiro atoms. The molecule has 2 aromatic carbocycles. The van der Waals surface area contributed by atoms with Crippen molar-refractivity contribution in [2.45, 2.75) is 51.5 Å². The van der Waals surface area contributed by atoms with Crippen LogP contribution in [0.25, 0.3) is 0 Å². The number of hydrogen-bond acceptors (Lipinski definition) is 10. The fourth-order valence-corrected chi connectivity index (χ4v) is 8.27. The molecular formula is C34H40N6O7. The fourth-order valence-electron chi connectivity index (χ4n) is 8.27. The van der Waals surface area contributed by atoms with Gasteiger partial charge in [0, 0.05) is 75.7 Å². The number of nitrogens with zero attached hydrogens (tertiary/aromatic N) is 5. The van der Waals surface area contributed by atoms with Crippen LogP contribution in [0.5, 0.6) is 5.75 Å². The highest BCUT2D eigenvalue weighted by atomic mass is 16.6. The lowest BCUT2D eigenvalue weighted by Gasteiger charge is -2.55. The Morgan fingerprint density at radius 1 is 0.936 bits per heavy atom. The zero-order valence-electron chi connectivity index (χ0n) is 26.8. The molecule has 2 aromatic rings. The zero-order valence-corrected chi connectivity index (χ0v) is 26.8. The summed E-state index contributed by atoms with van der Waals surface area (Å²) in [5.41, 5.74) is 3.77. The topological polar surface area (TPSA) is 146 Å². The molecule has 7 rings (SSSR count). The number of rotatable bonds is 7. The minimum Gasteiger partial charge on any atom is -0.490 e. The van der Waals surface area contributed by atoms with Gasteiger partial charge in [0.2, 0.25) is 11.8 Å². The van der Waals surface area contributed by atoms with Crippen LogP contribution in [0.2, 0.25) is 0 Å². The maximum absolute atomic E-state index is 13.3. The van der Waals surface area contributed by atoms with Crippen molar-refractivity contribution in [1.82, 2.24) is 15.1 Å². The van der Waals surface area contributed by atoms with Crippen molar-refractivity contribution in [2.75, 3.05) is 62.7 Å². The van der Waals surface area contributed by atoms with Crippen LogP contribution in [0.3, 0.4) is 0 Å². The standard InChI is InChI=1S/C34H40N6O7/c1-21-15-28(40(45)46)29(47-2)17-27(21)38-13-9-34(10-14-38)19-36(20-34)18-22-7-11-37(12-8-22)23-3-4-24-25(16-23)33(44)39(32(24)43)26-5-6-30(41)35-31(26)42/h3-4,15-17,22,26H,5-14,18-20H2,1-2H3,(H,35,41,42). The van der Waals surface area contributed by atoms with Crippen molar-refractivity contribution < 1.29 is 28.8 Å². The number of hydrogen-bond donors (Lipinski definition) is 1. The number of carbonyl (C=O) groups is 4. The Balaban J connectivity index is 0.895. The summed E-state index contributed by atoms with van der Waals surface area (Å²) in [5, 5.41) is 13.6. The van der Waals surface area contributed by atoms with E-state index in [0.29, 0.717) is 28.2 Å². The maximum Gasteiger partial charge on any atom is 0.311 e. The van der Waals surface area contributed by atoms with Gasteiger partial charge in [0.15, 0.2) is 5.75 Å². The van der Waals surface area contributed by atoms with Crippen LogP contribution in [-0.4, -0.2) is 97.3 Å². The van der Waals surface area contributed by atoms with E-state index in [1.54, 1.807) is 24.3 Å². The Morgan fingerprint density at radius 2 is 1.64 bits per heavy atom. The molecule has 13 heteroatoms. The predicted molar refractivity (Wildman–Crippen MR) is 173 cm³/mol. The van der Waals surface area contributed by atoms with Crippen molar-refractivity contribution in [3.8, 4) is 5.75 Å². The van der Waals surface area contributed by atoms with Gasteiger partial charge in [-0.25, -0.2) is 0 Å². The Labute approximate surface area is 272 Å². The number of methoxy groups -OCH3 is 1. The molecule has 1 N–H and O–H groups in total. The summed E-state index contributed by atoms with van der Waals surface area (Å²) in [5.74, 6) is -1.05. The van der Waals surface area contributed by atoms with E-state index in [1.807, 2.05) is 13.0 Å². The van der Waals surface area contributed by atoms with E-state index in [1.165, 1.54) is 7.11 Å². The highest BCUT2D eigenvalue weighted by Crippen LogP contribution is 2.44. The van der Waals surface area contributed by atoms with Crippen molar-refractivity contribution in [2.24, 2.45) is 11.3 Å². The lowest BCUT2D eigenvalue weighted by Crippen LogP contribution is -2.61. The molecule has 0 bridgehead atoms. The average Bonchev–Trinajstić information content (AvgIpc) is 3.29. The second-order valence-electron chi connectivity index (χ2n) is 13.8. The monoisotopic (exact) mass is 644 g/mol. The predicted octanol–water partition coefficient (Wildman–Crippen LogP) is 3.13. The van der Waals surface area contributed by atoms with E-state index in [-0.39, 0.29) is 24.4 Å². The molecule has 4 fully saturated rings. The number of ether oxygens (including phenoxy) is 1. The molecule has 5 aliphatic heterocycles. The van der Waals surface area contributed by atoms with Gasteiger partial charge in [-0.05, 0) is 74.1 Å². The normalized spacial score (nSPS) is 23.2. The van der Waals surface area contributed by atoms with Crippen LogP contribution >= 0.6 is 0 Å². The first-order valence-corrected chi connectivity index (χ1v) is 16.5. The zero-order chi connectivity index (χ0) is 33.0. The highest BCUT2D eigenvalue weighted by molar-refractivity contribution is 6.23. The average molecular weight is 645 g/mol. The van der Waals surface area contributed by atoms with Gasteiger partial charge in [-0.2, -0.15) is 0 Å². The Morgan fingerprint density at radius 3 is 2.30 bits per heavy atom. The van der Waals surface area contributed by atoms with Crippen LogP contribution in [0.4, 0.5) is 17.1 Å². The van der Waals surface area contributed by atoms with Gasteiger partial charge in [0.25, 0.3) is 11.8 Å². The summed E-state index contributed by atoms with van der Waals surface area (Å²) >= 11 is 0. The van der Waals surface area contributed by atoms with Gasteiger partial charge in [-0.3, -0.25) is 39.5 Å². The van der Waals surface area contributed by atoms with E-state index in [2.05, 4.69) is 20.0 Å². The third kappa shape index (κ3) is 5.60. The van der Waals surface area contributed by atoms with Crippen LogP contribution in [0.15, 0.2) is 30.3 Å². The quantitative estimate of drug-likeness (QED) is 0.271. The van der Waals surface area contributed by atoms with E-state index in [9.17, 15) is 29.3 Å². The van der Waals surface area contributed by atoms with Crippen molar-refractivity contribution >= 4 is 40.7 Å². The largest absolute Gasteiger partial charge is 0.490 e. The lowest BCUT2D eigenvalue weighted by molar-refractivity contribution is -0.385. The van der Waals surface area contributed by atoms with Crippen molar-refractivity contribution in [3.05, 3.63) is 57.1 Å². The molecule has 5 heterocycles. The number of fused-ring (bicyclic) bond motifs is 1. The number of carbonyl (C=O) groups excluding carboxylic acids is 4. The minimum atomic E-state index is -0.962. The number of benzene rings is 2. The van der Waals surface area contributed by atoms with Crippen molar-refractivity contribution in [1.29, 1.82) is 0 Å². The van der Waals surface area contributed by atoms with Crippen molar-refractivity contribution in [3.63, 3.8) is 0 Å². The van der Waals surface area contributed by atoms with Gasteiger partial charge in [-0.15, -0.1) is 0 Å². The number of amides is 4. The third-order valence-corrected chi connectivity index (χ3v) is 10.9. The van der Waals surface area contributed by atoms with Gasteiger partial charge in [0.05, 0.1) is 23.2 Å². The lowest BCUT2D eigenvalue weighted by atomic mass is 9.71. The summed E-state index contributed by atoms with van der Waals surface area (Å²) in [6, 6.07) is 7.81. The smallest absolute Gasteiger partial charge is 0.311 e. The van der Waals surface area contributed by atoms with Gasteiger partial charge in [-0.1, -0.05) is 0 Å². The van der Waals surface area contributed by atoms with Gasteiger partial charge < -0.3 is 19.4 Å². The van der Waals surface area contributed by atoms with E-state index >= 15 is 0 Å². The molecule has 5 aliphatic rings. The molecule has 47 heavy (non-hydrogen) atoms. The first kappa shape index (κ1) is 31.1. The third-order valence-electron chi connectivity index (χ3n) is 10.9. The number of nitro benzene ring substituents is 1. The molecule has 0 aliphatic carbocycles. The molecule has 13 nitrogen and oxygen atoms in total. The number of anilines is 2. The Bertz CT molecular complexity index is 1650. The van der Waals surface area contributed by atoms with Crippen LogP contribution in [0, 0.1) is 28.4 Å². The van der Waals surface area contributed by atoms with Gasteiger partial charge in [0.1, 0.15) is 6.04 Å². The summed E-state index contributed by atoms with van der Waals surface area (Å²) in [6.45, 7) is 8.80. The maximum atomic E-state index is 13.3. The first-order chi connectivity index (χ1) is 22.6. The number of nitrogens with one attached hydrogen (secondary N) is 1. The highest BCUT2D eigenvalue weighted by Gasteiger charge is 2.46. The molecule has 248 valence electrons. The molecule has 0 aromatic heterocycles. The summed E-state index contributed by atoms with van der Waals surface area (Å²) in [6.07, 6.45) is 4.53. The number of nitro groups is 1. The number of piperidine rings is 3. The molecule has 0 radical (unpaired) electrons. The molecule has 1 atom stereocenters. The molecule has 4 amide bonds. The van der Waals surface area contributed by atoms with E-state index in [0.717, 1.165) is 93.3 Å². The molecule has 0 saturated carbocycles. The second-order valence-corrected chi connectivity index (χ2v) is 13.8. The molecular weight excluding hydrogens is 604 g/mol. The molecule has 4 saturated heterocycles. The Kier molecular flexibility index (Phi) is 7.89. The van der Waals surface area contributed by atoms with Gasteiger partial charge >= 0.3 is 5.69 Å². The number of likely N-dealkylation sites (tertiary alicyclic amines) is 1. The summed E-state index contributed by atoms with van der Waals surface area (Å²) in [7, 11) is 1.47.